The highest BCUT2D eigenvalue weighted by Gasteiger charge is 2.26. The van der Waals surface area contributed by atoms with E-state index in [4.69, 9.17) is 4.74 Å². The number of carbonyl (C=O) groups is 1. The van der Waals surface area contributed by atoms with Crippen molar-refractivity contribution in [3.63, 3.8) is 0 Å². The molecule has 1 saturated heterocycles. The van der Waals surface area contributed by atoms with E-state index < -0.39 is 10.0 Å². The number of likely N-dealkylation sites (tertiary alicyclic amines) is 1. The number of ether oxygens (including phenoxy) is 1. The molecule has 128 valence electrons. The molecule has 0 aromatic heterocycles. The highest BCUT2D eigenvalue weighted by molar-refractivity contribution is 7.89. The van der Waals surface area contributed by atoms with E-state index in [2.05, 4.69) is 4.72 Å². The van der Waals surface area contributed by atoms with Gasteiger partial charge in [0.25, 0.3) is 0 Å². The van der Waals surface area contributed by atoms with Crippen LogP contribution >= 0.6 is 0 Å². The molecule has 2 rings (SSSR count). The van der Waals surface area contributed by atoms with Gasteiger partial charge in [0.1, 0.15) is 5.75 Å². The summed E-state index contributed by atoms with van der Waals surface area (Å²) in [5, 5.41) is 0. The van der Waals surface area contributed by atoms with Crippen molar-refractivity contribution in [1.29, 1.82) is 0 Å². The molecule has 1 aliphatic rings. The lowest BCUT2D eigenvalue weighted by atomic mass is 10.1. The number of sulfonamides is 1. The summed E-state index contributed by atoms with van der Waals surface area (Å²) in [6.45, 7) is 3.19. The van der Waals surface area contributed by atoms with E-state index in [9.17, 15) is 13.2 Å². The number of nitrogens with one attached hydrogen (secondary N) is 1. The smallest absolute Gasteiger partial charge is 0.240 e. The molecule has 0 bridgehead atoms. The van der Waals surface area contributed by atoms with Crippen LogP contribution in [0.2, 0.25) is 0 Å². The Morgan fingerprint density at radius 2 is 1.87 bits per heavy atom. The molecule has 0 spiro atoms. The minimum absolute atomic E-state index is 0.132. The zero-order chi connectivity index (χ0) is 16.9. The fourth-order valence-electron chi connectivity index (χ4n) is 2.66. The Balaban J connectivity index is 1.93. The predicted molar refractivity (Wildman–Crippen MR) is 87.8 cm³/mol. The number of carbonyl (C=O) groups excluding carboxylic acids is 1. The summed E-state index contributed by atoms with van der Waals surface area (Å²) >= 11 is 0. The lowest BCUT2D eigenvalue weighted by molar-refractivity contribution is -0.132. The third-order valence-electron chi connectivity index (χ3n) is 4.00. The molecule has 0 aliphatic carbocycles. The zero-order valence-corrected chi connectivity index (χ0v) is 14.4. The molecule has 1 aromatic carbocycles. The third-order valence-corrected chi connectivity index (χ3v) is 5.54. The first-order valence-corrected chi connectivity index (χ1v) is 9.38. The summed E-state index contributed by atoms with van der Waals surface area (Å²) in [6, 6.07) is 6.18. The van der Waals surface area contributed by atoms with E-state index in [-0.39, 0.29) is 16.8 Å². The van der Waals surface area contributed by atoms with Crippen molar-refractivity contribution in [2.24, 2.45) is 0 Å². The summed E-state index contributed by atoms with van der Waals surface area (Å²) < 4.78 is 32.5. The minimum atomic E-state index is -3.54. The van der Waals surface area contributed by atoms with Gasteiger partial charge in [0.2, 0.25) is 15.9 Å². The summed E-state index contributed by atoms with van der Waals surface area (Å²) in [6.07, 6.45) is 2.68. The van der Waals surface area contributed by atoms with Gasteiger partial charge >= 0.3 is 0 Å². The van der Waals surface area contributed by atoms with Gasteiger partial charge in [-0.3, -0.25) is 4.79 Å². The van der Waals surface area contributed by atoms with Gasteiger partial charge in [0, 0.05) is 25.6 Å². The topological polar surface area (TPSA) is 75.7 Å². The molecule has 23 heavy (non-hydrogen) atoms. The second kappa shape index (κ2) is 7.79. The molecule has 1 aromatic rings. The predicted octanol–water partition coefficient (Wildman–Crippen LogP) is 1.76. The second-order valence-electron chi connectivity index (χ2n) is 5.70. The van der Waals surface area contributed by atoms with Crippen LogP contribution < -0.4 is 9.46 Å². The first-order chi connectivity index (χ1) is 11.0. The van der Waals surface area contributed by atoms with E-state index in [0.29, 0.717) is 38.1 Å². The monoisotopic (exact) mass is 340 g/mol. The molecular formula is C16H24N2O4S. The SMILES string of the molecule is CCCC(=O)N1CCC(NS(=O)(=O)c2ccc(OC)cc2)CC1. The minimum Gasteiger partial charge on any atom is -0.497 e. The number of hydrogen-bond donors (Lipinski definition) is 1. The van der Waals surface area contributed by atoms with Gasteiger partial charge in [-0.1, -0.05) is 6.92 Å². The van der Waals surface area contributed by atoms with Crippen LogP contribution in [-0.4, -0.2) is 45.5 Å². The number of nitrogens with zero attached hydrogens (tertiary/aromatic N) is 1. The van der Waals surface area contributed by atoms with E-state index in [1.54, 1.807) is 12.1 Å². The average molecular weight is 340 g/mol. The fraction of sp³-hybridized carbons (Fsp3) is 0.562. The Morgan fingerprint density at radius 3 is 2.39 bits per heavy atom. The number of benzene rings is 1. The van der Waals surface area contributed by atoms with Gasteiger partial charge in [-0.15, -0.1) is 0 Å². The number of amides is 1. The highest BCUT2D eigenvalue weighted by Crippen LogP contribution is 2.18. The first-order valence-electron chi connectivity index (χ1n) is 7.90. The second-order valence-corrected chi connectivity index (χ2v) is 7.42. The Morgan fingerprint density at radius 1 is 1.26 bits per heavy atom. The standard InChI is InChI=1S/C16H24N2O4S/c1-3-4-16(19)18-11-9-13(10-12-18)17-23(20,21)15-7-5-14(22-2)6-8-15/h5-8,13,17H,3-4,9-12H2,1-2H3. The van der Waals surface area contributed by atoms with Crippen LogP contribution in [0.5, 0.6) is 5.75 Å². The maximum absolute atomic E-state index is 12.4. The molecular weight excluding hydrogens is 316 g/mol. The quantitative estimate of drug-likeness (QED) is 0.856. The van der Waals surface area contributed by atoms with Gasteiger partial charge < -0.3 is 9.64 Å². The Labute approximate surface area is 137 Å². The molecule has 7 heteroatoms. The van der Waals surface area contributed by atoms with Gasteiger partial charge in [-0.2, -0.15) is 0 Å². The highest BCUT2D eigenvalue weighted by atomic mass is 32.2. The van der Waals surface area contributed by atoms with Gasteiger partial charge in [0.05, 0.1) is 12.0 Å². The molecule has 1 amide bonds. The number of hydrogen-bond acceptors (Lipinski definition) is 4. The molecule has 0 atom stereocenters. The van der Waals surface area contributed by atoms with Crippen LogP contribution in [-0.2, 0) is 14.8 Å². The van der Waals surface area contributed by atoms with Crippen LogP contribution in [0, 0.1) is 0 Å². The molecule has 1 heterocycles. The van der Waals surface area contributed by atoms with Crippen molar-refractivity contribution in [3.8, 4) is 5.75 Å². The van der Waals surface area contributed by atoms with Gasteiger partial charge in [-0.05, 0) is 43.5 Å². The van der Waals surface area contributed by atoms with Crippen molar-refractivity contribution < 1.29 is 17.9 Å². The molecule has 6 nitrogen and oxygen atoms in total. The zero-order valence-electron chi connectivity index (χ0n) is 13.6. The van der Waals surface area contributed by atoms with Crippen molar-refractivity contribution >= 4 is 15.9 Å². The van der Waals surface area contributed by atoms with Crippen LogP contribution in [0.3, 0.4) is 0 Å². The van der Waals surface area contributed by atoms with Crippen molar-refractivity contribution in [1.82, 2.24) is 9.62 Å². The van der Waals surface area contributed by atoms with Crippen LogP contribution in [0.4, 0.5) is 0 Å². The molecule has 0 unspecified atom stereocenters. The molecule has 1 aliphatic heterocycles. The summed E-state index contributed by atoms with van der Waals surface area (Å²) in [5.74, 6) is 0.774. The Hall–Kier alpha value is -1.60. The summed E-state index contributed by atoms with van der Waals surface area (Å²) in [5.41, 5.74) is 0. The fourth-order valence-corrected chi connectivity index (χ4v) is 3.97. The van der Waals surface area contributed by atoms with Crippen LogP contribution in [0.1, 0.15) is 32.6 Å². The lowest BCUT2D eigenvalue weighted by Gasteiger charge is -2.32. The third kappa shape index (κ3) is 4.68. The van der Waals surface area contributed by atoms with E-state index in [1.807, 2.05) is 11.8 Å². The van der Waals surface area contributed by atoms with Crippen LogP contribution in [0.15, 0.2) is 29.2 Å². The van der Waals surface area contributed by atoms with E-state index >= 15 is 0 Å². The molecule has 1 N–H and O–H groups in total. The van der Waals surface area contributed by atoms with Gasteiger partial charge in [-0.25, -0.2) is 13.1 Å². The van der Waals surface area contributed by atoms with Gasteiger partial charge in [0.15, 0.2) is 0 Å². The Kier molecular flexibility index (Phi) is 6.01. The number of rotatable bonds is 6. The van der Waals surface area contributed by atoms with Crippen LogP contribution in [0.25, 0.3) is 0 Å². The normalized spacial score (nSPS) is 16.3. The first kappa shape index (κ1) is 17.7. The van der Waals surface area contributed by atoms with Crippen molar-refractivity contribution in [2.45, 2.75) is 43.5 Å². The largest absolute Gasteiger partial charge is 0.497 e. The maximum Gasteiger partial charge on any atom is 0.240 e. The summed E-state index contributed by atoms with van der Waals surface area (Å²) in [7, 11) is -2.00. The van der Waals surface area contributed by atoms with E-state index in [1.165, 1.54) is 19.2 Å². The van der Waals surface area contributed by atoms with Crippen molar-refractivity contribution in [2.75, 3.05) is 20.2 Å². The summed E-state index contributed by atoms with van der Waals surface area (Å²) in [4.78, 5) is 13.9. The molecule has 0 radical (unpaired) electrons. The average Bonchev–Trinajstić information content (AvgIpc) is 2.55. The molecule has 0 saturated carbocycles. The lowest BCUT2D eigenvalue weighted by Crippen LogP contribution is -2.46. The Bertz CT molecular complexity index is 620. The number of piperidine rings is 1. The van der Waals surface area contributed by atoms with Crippen molar-refractivity contribution in [3.05, 3.63) is 24.3 Å². The maximum atomic E-state index is 12.4. The van der Waals surface area contributed by atoms with E-state index in [0.717, 1.165) is 6.42 Å². The molecule has 1 fully saturated rings. The number of methoxy groups -OCH3 is 1.